The number of rotatable bonds is 5. The molecule has 24 heavy (non-hydrogen) atoms. The van der Waals surface area contributed by atoms with Crippen molar-refractivity contribution in [1.29, 1.82) is 0 Å². The largest absolute Gasteiger partial charge is 0.473 e. The molecule has 0 radical (unpaired) electrons. The Labute approximate surface area is 140 Å². The first-order valence-electron chi connectivity index (χ1n) is 7.98. The van der Waals surface area contributed by atoms with Crippen LogP contribution in [0.25, 0.3) is 0 Å². The number of hydrogen-bond acceptors (Lipinski definition) is 6. The molecule has 9 nitrogen and oxygen atoms in total. The van der Waals surface area contributed by atoms with Gasteiger partial charge >= 0.3 is 17.9 Å². The summed E-state index contributed by atoms with van der Waals surface area (Å²) in [4.78, 5) is 43.6. The summed E-state index contributed by atoms with van der Waals surface area (Å²) in [7, 11) is 0. The summed E-state index contributed by atoms with van der Waals surface area (Å²) in [5.74, 6) is -3.75. The van der Waals surface area contributed by atoms with E-state index in [0.717, 1.165) is 32.2 Å². The number of carboxylic acid groups (broad SMARTS) is 2. The lowest BCUT2D eigenvalue weighted by molar-refractivity contribution is -0.159. The molecule has 2 rings (SSSR count). The first-order chi connectivity index (χ1) is 11.3. The smallest absolute Gasteiger partial charge is 0.414 e. The molecule has 2 fully saturated rings. The van der Waals surface area contributed by atoms with Crippen LogP contribution in [-0.4, -0.2) is 71.2 Å². The van der Waals surface area contributed by atoms with Gasteiger partial charge in [-0.2, -0.15) is 0 Å². The summed E-state index contributed by atoms with van der Waals surface area (Å²) >= 11 is 0. The maximum absolute atomic E-state index is 11.7. The van der Waals surface area contributed by atoms with Crippen LogP contribution in [0, 0.1) is 5.92 Å². The van der Waals surface area contributed by atoms with E-state index in [1.54, 1.807) is 0 Å². The summed E-state index contributed by atoms with van der Waals surface area (Å²) in [6.45, 7) is 4.20. The second kappa shape index (κ2) is 9.86. The molecule has 2 aliphatic rings. The predicted molar refractivity (Wildman–Crippen MR) is 82.2 cm³/mol. The van der Waals surface area contributed by atoms with Gasteiger partial charge in [-0.3, -0.25) is 14.5 Å². The van der Waals surface area contributed by atoms with Gasteiger partial charge in [0, 0.05) is 12.6 Å². The molecule has 1 unspecified atom stereocenters. The second-order valence-corrected chi connectivity index (χ2v) is 5.78. The van der Waals surface area contributed by atoms with Crippen LogP contribution >= 0.6 is 0 Å². The fourth-order valence-electron chi connectivity index (χ4n) is 2.36. The molecule has 1 saturated carbocycles. The quantitative estimate of drug-likeness (QED) is 0.457. The maximum atomic E-state index is 11.7. The van der Waals surface area contributed by atoms with E-state index in [4.69, 9.17) is 24.5 Å². The summed E-state index contributed by atoms with van der Waals surface area (Å²) in [6.07, 6.45) is 4.05. The minimum Gasteiger partial charge on any atom is -0.473 e. The Morgan fingerprint density at radius 2 is 1.75 bits per heavy atom. The van der Waals surface area contributed by atoms with Gasteiger partial charge < -0.3 is 20.3 Å². The van der Waals surface area contributed by atoms with Gasteiger partial charge in [0.05, 0.1) is 19.1 Å². The molecule has 0 spiro atoms. The maximum Gasteiger partial charge on any atom is 0.414 e. The number of carbonyl (C=O) groups excluding carboxylic acids is 2. The highest BCUT2D eigenvalue weighted by Crippen LogP contribution is 2.20. The van der Waals surface area contributed by atoms with E-state index in [0.29, 0.717) is 25.7 Å². The van der Waals surface area contributed by atoms with Gasteiger partial charge in [0.15, 0.2) is 0 Å². The van der Waals surface area contributed by atoms with Crippen molar-refractivity contribution < 1.29 is 34.1 Å². The normalized spacial score (nSPS) is 20.3. The molecule has 1 heterocycles. The molecule has 0 aromatic heterocycles. The number of esters is 1. The molecule has 136 valence electrons. The van der Waals surface area contributed by atoms with Gasteiger partial charge in [-0.25, -0.2) is 9.59 Å². The number of likely N-dealkylation sites (tertiary alicyclic amines) is 1. The molecular formula is C15H24N2O7. The number of hydrogen-bond donors (Lipinski definition) is 3. The average molecular weight is 344 g/mol. The summed E-state index contributed by atoms with van der Waals surface area (Å²) in [5, 5.41) is 17.8. The van der Waals surface area contributed by atoms with Gasteiger partial charge in [-0.05, 0) is 39.2 Å². The molecule has 0 bridgehead atoms. The number of amides is 1. The average Bonchev–Trinajstić information content (AvgIpc) is 3.32. The van der Waals surface area contributed by atoms with Crippen molar-refractivity contribution >= 4 is 23.8 Å². The van der Waals surface area contributed by atoms with Crippen LogP contribution in [0.2, 0.25) is 0 Å². The third kappa shape index (κ3) is 7.91. The zero-order valence-corrected chi connectivity index (χ0v) is 13.7. The molecule has 9 heteroatoms. The van der Waals surface area contributed by atoms with Crippen molar-refractivity contribution in [3.63, 3.8) is 0 Å². The zero-order valence-electron chi connectivity index (χ0n) is 13.7. The molecule has 0 aromatic rings. The Morgan fingerprint density at radius 1 is 1.12 bits per heavy atom. The highest BCUT2D eigenvalue weighted by Gasteiger charge is 2.29. The van der Waals surface area contributed by atoms with Crippen molar-refractivity contribution in [3.8, 4) is 0 Å². The number of nitrogens with one attached hydrogen (secondary N) is 1. The molecular weight excluding hydrogens is 320 g/mol. The first kappa shape index (κ1) is 19.9. The van der Waals surface area contributed by atoms with Gasteiger partial charge in [0.1, 0.15) is 0 Å². The highest BCUT2D eigenvalue weighted by atomic mass is 16.5. The van der Waals surface area contributed by atoms with Crippen LogP contribution in [0.5, 0.6) is 0 Å². The van der Waals surface area contributed by atoms with E-state index in [2.05, 4.69) is 10.2 Å². The Bertz CT molecular complexity index is 464. The Balaban J connectivity index is 0.000000413. The van der Waals surface area contributed by atoms with Crippen molar-refractivity contribution in [3.05, 3.63) is 0 Å². The van der Waals surface area contributed by atoms with Crippen LogP contribution in [-0.2, 0) is 23.9 Å². The number of aliphatic carboxylic acids is 2. The van der Waals surface area contributed by atoms with Gasteiger partial charge in [0.25, 0.3) is 0 Å². The number of ether oxygens (including phenoxy) is 1. The van der Waals surface area contributed by atoms with Gasteiger partial charge in [-0.1, -0.05) is 0 Å². The monoisotopic (exact) mass is 344 g/mol. The topological polar surface area (TPSA) is 133 Å². The lowest BCUT2D eigenvalue weighted by atomic mass is 9.98. The number of carboxylic acids is 2. The van der Waals surface area contributed by atoms with E-state index in [1.165, 1.54) is 0 Å². The molecule has 1 amide bonds. The fourth-order valence-corrected chi connectivity index (χ4v) is 2.36. The minimum atomic E-state index is -1.82. The van der Waals surface area contributed by atoms with Crippen molar-refractivity contribution in [2.45, 2.75) is 38.6 Å². The molecule has 0 aromatic carbocycles. The number of nitrogens with zero attached hydrogens (tertiary/aromatic N) is 1. The Morgan fingerprint density at radius 3 is 2.25 bits per heavy atom. The van der Waals surface area contributed by atoms with Crippen LogP contribution in [0.3, 0.4) is 0 Å². The Hall–Kier alpha value is -2.16. The molecule has 3 N–H and O–H groups in total. The predicted octanol–water partition coefficient (Wildman–Crippen LogP) is -0.304. The van der Waals surface area contributed by atoms with Gasteiger partial charge in [0.2, 0.25) is 5.91 Å². The third-order valence-electron chi connectivity index (χ3n) is 3.62. The van der Waals surface area contributed by atoms with Crippen LogP contribution in [0.4, 0.5) is 0 Å². The lowest BCUT2D eigenvalue weighted by Crippen LogP contribution is -2.45. The summed E-state index contributed by atoms with van der Waals surface area (Å²) in [6, 6.07) is 0.406. The first-order valence-corrected chi connectivity index (χ1v) is 7.98. The van der Waals surface area contributed by atoms with Crippen molar-refractivity contribution in [2.75, 3.05) is 26.2 Å². The van der Waals surface area contributed by atoms with E-state index >= 15 is 0 Å². The van der Waals surface area contributed by atoms with Gasteiger partial charge in [-0.15, -0.1) is 0 Å². The van der Waals surface area contributed by atoms with E-state index in [1.807, 2.05) is 6.92 Å². The van der Waals surface area contributed by atoms with E-state index < -0.39 is 11.9 Å². The number of piperidine rings is 1. The lowest BCUT2D eigenvalue weighted by Gasteiger charge is -2.30. The van der Waals surface area contributed by atoms with Crippen LogP contribution in [0.15, 0.2) is 0 Å². The molecule has 1 aliphatic carbocycles. The third-order valence-corrected chi connectivity index (χ3v) is 3.62. The van der Waals surface area contributed by atoms with Crippen molar-refractivity contribution in [1.82, 2.24) is 10.2 Å². The fraction of sp³-hybridized carbons (Fsp3) is 0.733. The number of carbonyl (C=O) groups is 4. The SMILES string of the molecule is CCOC(=O)C1CCCN(CC(=O)NC2CC2)C1.O=C(O)C(=O)O. The van der Waals surface area contributed by atoms with Crippen LogP contribution < -0.4 is 5.32 Å². The highest BCUT2D eigenvalue weighted by molar-refractivity contribution is 6.27. The summed E-state index contributed by atoms with van der Waals surface area (Å²) in [5.41, 5.74) is 0. The van der Waals surface area contributed by atoms with E-state index in [-0.39, 0.29) is 17.8 Å². The molecule has 1 saturated heterocycles. The van der Waals surface area contributed by atoms with Crippen molar-refractivity contribution in [2.24, 2.45) is 5.92 Å². The minimum absolute atomic E-state index is 0.0626. The van der Waals surface area contributed by atoms with Crippen LogP contribution in [0.1, 0.15) is 32.6 Å². The summed E-state index contributed by atoms with van der Waals surface area (Å²) < 4.78 is 5.04. The standard InChI is InChI=1S/C13H22N2O3.C2H2O4/c1-2-18-13(17)10-4-3-7-15(8-10)9-12(16)14-11-5-6-11;3-1(4)2(5)6/h10-11H,2-9H2,1H3,(H,14,16);(H,3,4)(H,5,6). The Kier molecular flexibility index (Phi) is 8.17. The second-order valence-electron chi connectivity index (χ2n) is 5.78. The zero-order chi connectivity index (χ0) is 18.1. The van der Waals surface area contributed by atoms with E-state index in [9.17, 15) is 9.59 Å². The molecule has 1 aliphatic heterocycles. The molecule has 1 atom stereocenters.